The fraction of sp³-hybridized carbons (Fsp3) is 0.273. The van der Waals surface area contributed by atoms with Crippen molar-refractivity contribution in [2.75, 3.05) is 5.43 Å². The van der Waals surface area contributed by atoms with Crippen LogP contribution < -0.4 is 16.0 Å². The highest BCUT2D eigenvalue weighted by molar-refractivity contribution is 7.89. The van der Waals surface area contributed by atoms with Crippen LogP contribution in [0.1, 0.15) is 11.3 Å². The van der Waals surface area contributed by atoms with Gasteiger partial charge >= 0.3 is 0 Å². The minimum Gasteiger partial charge on any atom is -0.308 e. The third kappa shape index (κ3) is 2.95. The molecule has 0 unspecified atom stereocenters. The van der Waals surface area contributed by atoms with Crippen molar-refractivity contribution < 1.29 is 8.42 Å². The summed E-state index contributed by atoms with van der Waals surface area (Å²) >= 11 is 0. The Hall–Kier alpha value is -1.97. The molecule has 108 valence electrons. The molecule has 0 atom stereocenters. The van der Waals surface area contributed by atoms with Crippen molar-refractivity contribution >= 4 is 15.8 Å². The molecule has 0 radical (unpaired) electrons. The summed E-state index contributed by atoms with van der Waals surface area (Å²) in [6.07, 6.45) is 3.01. The van der Waals surface area contributed by atoms with Gasteiger partial charge in [-0.3, -0.25) is 4.68 Å². The van der Waals surface area contributed by atoms with Crippen LogP contribution in [-0.4, -0.2) is 23.2 Å². The zero-order valence-electron chi connectivity index (χ0n) is 11.2. The van der Waals surface area contributed by atoms with Gasteiger partial charge in [0.05, 0.1) is 11.1 Å². The third-order valence-electron chi connectivity index (χ3n) is 2.98. The van der Waals surface area contributed by atoms with E-state index >= 15 is 0 Å². The number of aryl methyl sites for hydroxylation is 1. The Kier molecular flexibility index (Phi) is 4.02. The fourth-order valence-electron chi connectivity index (χ4n) is 1.63. The molecular weight excluding hydrogens is 280 g/mol. The second-order valence-electron chi connectivity index (χ2n) is 4.22. The Labute approximate surface area is 117 Å². The number of hydrogen-bond acceptors (Lipinski definition) is 6. The van der Waals surface area contributed by atoms with E-state index in [1.807, 2.05) is 6.92 Å². The van der Waals surface area contributed by atoms with Crippen LogP contribution in [0.4, 0.5) is 5.82 Å². The summed E-state index contributed by atoms with van der Waals surface area (Å²) in [5.41, 5.74) is 4.04. The van der Waals surface area contributed by atoms with Gasteiger partial charge in [-0.25, -0.2) is 24.0 Å². The van der Waals surface area contributed by atoms with Gasteiger partial charge in [0, 0.05) is 37.1 Å². The molecule has 0 saturated carbocycles. The fourth-order valence-corrected chi connectivity index (χ4v) is 2.65. The van der Waals surface area contributed by atoms with Crippen LogP contribution in [0, 0.1) is 6.92 Å². The minimum atomic E-state index is -3.62. The van der Waals surface area contributed by atoms with Gasteiger partial charge in [0.25, 0.3) is 0 Å². The van der Waals surface area contributed by atoms with Gasteiger partial charge in [-0.15, -0.1) is 0 Å². The molecule has 8 nitrogen and oxygen atoms in total. The van der Waals surface area contributed by atoms with Crippen molar-refractivity contribution in [3.63, 3.8) is 0 Å². The first-order valence-corrected chi connectivity index (χ1v) is 7.32. The Balaban J connectivity index is 2.17. The maximum absolute atomic E-state index is 12.2. The van der Waals surface area contributed by atoms with Gasteiger partial charge in [0.1, 0.15) is 5.82 Å². The number of anilines is 1. The highest BCUT2D eigenvalue weighted by atomic mass is 32.2. The van der Waals surface area contributed by atoms with E-state index in [9.17, 15) is 8.42 Å². The van der Waals surface area contributed by atoms with Gasteiger partial charge in [-0.2, -0.15) is 5.10 Å². The van der Waals surface area contributed by atoms with Crippen LogP contribution >= 0.6 is 0 Å². The van der Waals surface area contributed by atoms with Crippen molar-refractivity contribution in [3.8, 4) is 0 Å². The van der Waals surface area contributed by atoms with Crippen LogP contribution in [0.3, 0.4) is 0 Å². The molecule has 9 heteroatoms. The molecule has 0 amide bonds. The second kappa shape index (κ2) is 5.57. The first-order valence-electron chi connectivity index (χ1n) is 5.84. The second-order valence-corrected chi connectivity index (χ2v) is 5.99. The number of nitrogens with two attached hydrogens (primary N) is 1. The Bertz CT molecular complexity index is 709. The summed E-state index contributed by atoms with van der Waals surface area (Å²) in [4.78, 5) is 3.96. The highest BCUT2D eigenvalue weighted by Crippen LogP contribution is 2.13. The first kappa shape index (κ1) is 14.4. The predicted molar refractivity (Wildman–Crippen MR) is 74.0 cm³/mol. The van der Waals surface area contributed by atoms with Gasteiger partial charge in [-0.05, 0) is 13.0 Å². The lowest BCUT2D eigenvalue weighted by molar-refractivity contribution is 0.581. The first-order chi connectivity index (χ1) is 9.44. The molecule has 2 aromatic heterocycles. The molecule has 0 bridgehead atoms. The van der Waals surface area contributed by atoms with Crippen LogP contribution in [0.5, 0.6) is 0 Å². The molecule has 2 aromatic rings. The maximum Gasteiger partial charge on any atom is 0.241 e. The topological polar surface area (TPSA) is 115 Å². The molecule has 0 aliphatic heterocycles. The monoisotopic (exact) mass is 296 g/mol. The van der Waals surface area contributed by atoms with E-state index in [0.717, 1.165) is 11.3 Å². The smallest absolute Gasteiger partial charge is 0.241 e. The zero-order chi connectivity index (χ0) is 14.8. The van der Waals surface area contributed by atoms with E-state index in [-0.39, 0.29) is 17.3 Å². The molecule has 20 heavy (non-hydrogen) atoms. The standard InChI is InChI=1S/C11H16N6O2S/c1-8-9(6-14-17(8)2)7-15-20(18,19)10-3-4-13-11(5-10)16-12/h3-6,15H,7,12H2,1-2H3,(H,13,16). The summed E-state index contributed by atoms with van der Waals surface area (Å²) in [6.45, 7) is 2.05. The number of nitrogen functional groups attached to an aromatic ring is 1. The predicted octanol–water partition coefficient (Wildman–Crippen LogP) is -0.112. The molecule has 2 heterocycles. The molecule has 0 spiro atoms. The van der Waals surface area contributed by atoms with Crippen molar-refractivity contribution in [3.05, 3.63) is 35.8 Å². The van der Waals surface area contributed by atoms with Crippen molar-refractivity contribution in [1.29, 1.82) is 0 Å². The van der Waals surface area contributed by atoms with Crippen molar-refractivity contribution in [2.24, 2.45) is 12.9 Å². The average Bonchev–Trinajstić information content (AvgIpc) is 2.77. The van der Waals surface area contributed by atoms with E-state index in [1.165, 1.54) is 18.3 Å². The van der Waals surface area contributed by atoms with E-state index in [1.54, 1.807) is 17.9 Å². The van der Waals surface area contributed by atoms with Crippen molar-refractivity contribution in [2.45, 2.75) is 18.4 Å². The maximum atomic E-state index is 12.2. The molecule has 0 saturated heterocycles. The van der Waals surface area contributed by atoms with Crippen LogP contribution in [0.25, 0.3) is 0 Å². The van der Waals surface area contributed by atoms with E-state index in [2.05, 4.69) is 20.2 Å². The lowest BCUT2D eigenvalue weighted by Gasteiger charge is -2.07. The van der Waals surface area contributed by atoms with Crippen molar-refractivity contribution in [1.82, 2.24) is 19.5 Å². The number of hydrogen-bond donors (Lipinski definition) is 3. The number of pyridine rings is 1. The van der Waals surface area contributed by atoms with Crippen LogP contribution in [0.15, 0.2) is 29.4 Å². The third-order valence-corrected chi connectivity index (χ3v) is 4.38. The Morgan fingerprint density at radius 3 is 2.80 bits per heavy atom. The summed E-state index contributed by atoms with van der Waals surface area (Å²) in [6, 6.07) is 2.76. The Morgan fingerprint density at radius 1 is 1.45 bits per heavy atom. The number of sulfonamides is 1. The largest absolute Gasteiger partial charge is 0.308 e. The summed E-state index contributed by atoms with van der Waals surface area (Å²) in [5.74, 6) is 5.49. The summed E-state index contributed by atoms with van der Waals surface area (Å²) in [5, 5.41) is 4.06. The van der Waals surface area contributed by atoms with Gasteiger partial charge in [0.15, 0.2) is 0 Å². The van der Waals surface area contributed by atoms with Gasteiger partial charge < -0.3 is 5.43 Å². The normalized spacial score (nSPS) is 11.6. The van der Waals surface area contributed by atoms with Crippen LogP contribution in [-0.2, 0) is 23.6 Å². The van der Waals surface area contributed by atoms with E-state index < -0.39 is 10.0 Å². The SMILES string of the molecule is Cc1c(CNS(=O)(=O)c2ccnc(NN)c2)cnn1C. The molecule has 0 aliphatic carbocycles. The lowest BCUT2D eigenvalue weighted by atomic mass is 10.3. The van der Waals surface area contributed by atoms with E-state index in [0.29, 0.717) is 0 Å². The molecule has 4 N–H and O–H groups in total. The average molecular weight is 296 g/mol. The number of nitrogens with zero attached hydrogens (tertiary/aromatic N) is 3. The quantitative estimate of drug-likeness (QED) is 0.524. The van der Waals surface area contributed by atoms with Gasteiger partial charge in [0.2, 0.25) is 10.0 Å². The number of aromatic nitrogens is 3. The Morgan fingerprint density at radius 2 is 2.20 bits per heavy atom. The summed E-state index contributed by atoms with van der Waals surface area (Å²) < 4.78 is 28.5. The van der Waals surface area contributed by atoms with E-state index in [4.69, 9.17) is 5.84 Å². The van der Waals surface area contributed by atoms with Crippen LogP contribution in [0.2, 0.25) is 0 Å². The number of nitrogens with one attached hydrogen (secondary N) is 2. The highest BCUT2D eigenvalue weighted by Gasteiger charge is 2.15. The zero-order valence-corrected chi connectivity index (χ0v) is 12.0. The lowest BCUT2D eigenvalue weighted by Crippen LogP contribution is -2.24. The number of rotatable bonds is 5. The van der Waals surface area contributed by atoms with Gasteiger partial charge in [-0.1, -0.05) is 0 Å². The number of hydrazine groups is 1. The molecule has 0 aromatic carbocycles. The summed E-state index contributed by atoms with van der Waals surface area (Å²) in [7, 11) is -1.82. The molecular formula is C11H16N6O2S. The molecule has 0 aliphatic rings. The minimum absolute atomic E-state index is 0.0991. The molecule has 0 fully saturated rings. The molecule has 2 rings (SSSR count).